The molecule has 0 saturated heterocycles. The van der Waals surface area contributed by atoms with Crippen LogP contribution >= 0.6 is 0 Å². The van der Waals surface area contributed by atoms with Gasteiger partial charge in [-0.1, -0.05) is 78.9 Å². The molecule has 0 saturated carbocycles. The molecule has 0 aliphatic rings. The molecule has 1 aromatic heterocycles. The summed E-state index contributed by atoms with van der Waals surface area (Å²) in [5.74, 6) is 0. The van der Waals surface area contributed by atoms with Crippen molar-refractivity contribution in [2.75, 3.05) is 11.9 Å². The van der Waals surface area contributed by atoms with E-state index in [0.717, 1.165) is 0 Å². The van der Waals surface area contributed by atoms with Crippen LogP contribution in [-0.2, 0) is 0 Å². The van der Waals surface area contributed by atoms with Crippen molar-refractivity contribution in [3.8, 4) is 16.8 Å². The van der Waals surface area contributed by atoms with E-state index in [-0.39, 0.29) is 0 Å². The molecule has 6 rings (SSSR count). The summed E-state index contributed by atoms with van der Waals surface area (Å²) in [7, 11) is 2.14. The topological polar surface area (TPSA) is 8.17 Å². The van der Waals surface area contributed by atoms with Gasteiger partial charge < -0.3 is 9.47 Å². The number of hydrogen-bond acceptors (Lipinski definition) is 1. The fourth-order valence-electron chi connectivity index (χ4n) is 4.70. The van der Waals surface area contributed by atoms with Gasteiger partial charge in [0.25, 0.3) is 0 Å². The van der Waals surface area contributed by atoms with Crippen LogP contribution in [0.25, 0.3) is 38.6 Å². The quantitative estimate of drug-likeness (QED) is 0.277. The Hall–Kier alpha value is -4.30. The third-order valence-corrected chi connectivity index (χ3v) is 6.40. The Morgan fingerprint density at radius 1 is 0.485 bits per heavy atom. The number of hydrogen-bond donors (Lipinski definition) is 0. The Kier molecular flexibility index (Phi) is 4.70. The maximum absolute atomic E-state index is 2.35. The van der Waals surface area contributed by atoms with Crippen molar-refractivity contribution >= 4 is 33.2 Å². The zero-order chi connectivity index (χ0) is 22.2. The lowest BCUT2D eigenvalue weighted by atomic mass is 10.0. The van der Waals surface area contributed by atoms with Crippen LogP contribution in [0, 0.1) is 0 Å². The van der Waals surface area contributed by atoms with Crippen LogP contribution in [0.5, 0.6) is 0 Å². The van der Waals surface area contributed by atoms with E-state index in [1.165, 1.54) is 50.0 Å². The Labute approximate surface area is 194 Å². The molecule has 2 nitrogen and oxygen atoms in total. The van der Waals surface area contributed by atoms with E-state index in [2.05, 4.69) is 144 Å². The van der Waals surface area contributed by atoms with Crippen LogP contribution in [-0.4, -0.2) is 11.6 Å². The molecule has 0 aliphatic heterocycles. The number of aromatic nitrogens is 1. The summed E-state index contributed by atoms with van der Waals surface area (Å²) in [6, 6.07) is 45.3. The number of nitrogens with zero attached hydrogens (tertiary/aromatic N) is 2. The van der Waals surface area contributed by atoms with Crippen LogP contribution in [0.1, 0.15) is 0 Å². The first-order valence-corrected chi connectivity index (χ1v) is 11.3. The number of fused-ring (bicyclic) bond motifs is 3. The second-order valence-corrected chi connectivity index (χ2v) is 8.36. The van der Waals surface area contributed by atoms with Crippen LogP contribution < -0.4 is 4.90 Å². The summed E-state index contributed by atoms with van der Waals surface area (Å²) >= 11 is 0. The predicted molar refractivity (Wildman–Crippen MR) is 141 cm³/mol. The number of benzene rings is 5. The molecule has 33 heavy (non-hydrogen) atoms. The van der Waals surface area contributed by atoms with Gasteiger partial charge in [0.2, 0.25) is 0 Å². The van der Waals surface area contributed by atoms with Crippen molar-refractivity contribution in [2.24, 2.45) is 0 Å². The Bertz CT molecular complexity index is 1560. The zero-order valence-electron chi connectivity index (χ0n) is 18.5. The van der Waals surface area contributed by atoms with E-state index in [0.29, 0.717) is 0 Å². The average molecular weight is 425 g/mol. The average Bonchev–Trinajstić information content (AvgIpc) is 3.23. The van der Waals surface area contributed by atoms with E-state index in [4.69, 9.17) is 0 Å². The summed E-state index contributed by atoms with van der Waals surface area (Å²) < 4.78 is 2.35. The van der Waals surface area contributed by atoms with Gasteiger partial charge in [-0.25, -0.2) is 0 Å². The fourth-order valence-corrected chi connectivity index (χ4v) is 4.70. The van der Waals surface area contributed by atoms with Crippen molar-refractivity contribution in [1.82, 2.24) is 4.57 Å². The maximum atomic E-state index is 2.35. The summed E-state index contributed by atoms with van der Waals surface area (Å²) in [6.07, 6.45) is 0. The Morgan fingerprint density at radius 2 is 1.12 bits per heavy atom. The zero-order valence-corrected chi connectivity index (χ0v) is 18.5. The van der Waals surface area contributed by atoms with E-state index < -0.39 is 0 Å². The summed E-state index contributed by atoms with van der Waals surface area (Å²) in [6.45, 7) is 0. The monoisotopic (exact) mass is 424 g/mol. The van der Waals surface area contributed by atoms with Crippen LogP contribution in [0.3, 0.4) is 0 Å². The molecular weight excluding hydrogens is 400 g/mol. The molecule has 0 fully saturated rings. The molecule has 0 aliphatic carbocycles. The van der Waals surface area contributed by atoms with E-state index in [9.17, 15) is 0 Å². The molecule has 0 amide bonds. The maximum Gasteiger partial charge on any atom is 0.0542 e. The third-order valence-electron chi connectivity index (χ3n) is 6.40. The molecule has 0 bridgehead atoms. The molecular formula is C31H24N2. The van der Waals surface area contributed by atoms with Crippen molar-refractivity contribution in [2.45, 2.75) is 0 Å². The first-order valence-electron chi connectivity index (χ1n) is 11.3. The largest absolute Gasteiger partial charge is 0.345 e. The standard InChI is InChI=1S/C31H24N2/c1-32(26-16-10-13-24(21-26)23-11-4-2-5-12-23)27-19-20-31-29(22-27)28-17-8-9-18-30(28)33(31)25-14-6-3-7-15-25/h2-22H,1H3. The smallest absolute Gasteiger partial charge is 0.0542 e. The first-order chi connectivity index (χ1) is 16.3. The van der Waals surface area contributed by atoms with Gasteiger partial charge in [-0.05, 0) is 59.7 Å². The molecule has 2 heteroatoms. The molecule has 1 heterocycles. The molecule has 158 valence electrons. The van der Waals surface area contributed by atoms with Gasteiger partial charge >= 0.3 is 0 Å². The molecule has 0 radical (unpaired) electrons. The highest BCUT2D eigenvalue weighted by atomic mass is 15.1. The van der Waals surface area contributed by atoms with E-state index in [1.807, 2.05) is 0 Å². The SMILES string of the molecule is CN(c1cccc(-c2ccccc2)c1)c1ccc2c(c1)c1ccccc1n2-c1ccccc1. The second-order valence-electron chi connectivity index (χ2n) is 8.36. The molecule has 6 aromatic rings. The van der Waals surface area contributed by atoms with Crippen molar-refractivity contribution < 1.29 is 0 Å². The van der Waals surface area contributed by atoms with Gasteiger partial charge in [-0.15, -0.1) is 0 Å². The molecule has 0 spiro atoms. The normalized spacial score (nSPS) is 11.2. The summed E-state index contributed by atoms with van der Waals surface area (Å²) in [5.41, 5.74) is 8.42. The minimum absolute atomic E-state index is 1.17. The molecule has 0 N–H and O–H groups in total. The molecule has 5 aromatic carbocycles. The van der Waals surface area contributed by atoms with Crippen molar-refractivity contribution in [1.29, 1.82) is 0 Å². The lowest BCUT2D eigenvalue weighted by Gasteiger charge is -2.21. The number of anilines is 2. The van der Waals surface area contributed by atoms with Gasteiger partial charge in [0.05, 0.1) is 11.0 Å². The number of rotatable bonds is 4. The van der Waals surface area contributed by atoms with Gasteiger partial charge in [0, 0.05) is 34.9 Å². The van der Waals surface area contributed by atoms with Gasteiger partial charge in [-0.3, -0.25) is 0 Å². The van der Waals surface area contributed by atoms with Gasteiger partial charge in [0.15, 0.2) is 0 Å². The predicted octanol–water partition coefficient (Wildman–Crippen LogP) is 8.22. The van der Waals surface area contributed by atoms with Gasteiger partial charge in [-0.2, -0.15) is 0 Å². The summed E-state index contributed by atoms with van der Waals surface area (Å²) in [5, 5.41) is 2.53. The fraction of sp³-hybridized carbons (Fsp3) is 0.0323. The lowest BCUT2D eigenvalue weighted by Crippen LogP contribution is -2.09. The highest BCUT2D eigenvalue weighted by molar-refractivity contribution is 6.10. The molecule has 0 atom stereocenters. The van der Waals surface area contributed by atoms with Crippen LogP contribution in [0.15, 0.2) is 127 Å². The Balaban J connectivity index is 1.48. The highest BCUT2D eigenvalue weighted by Gasteiger charge is 2.14. The second kappa shape index (κ2) is 7.99. The van der Waals surface area contributed by atoms with E-state index >= 15 is 0 Å². The van der Waals surface area contributed by atoms with Crippen molar-refractivity contribution in [3.05, 3.63) is 127 Å². The number of para-hydroxylation sites is 2. The minimum Gasteiger partial charge on any atom is -0.345 e. The third kappa shape index (κ3) is 3.37. The lowest BCUT2D eigenvalue weighted by molar-refractivity contribution is 1.17. The Morgan fingerprint density at radius 3 is 1.94 bits per heavy atom. The minimum atomic E-state index is 1.17. The summed E-state index contributed by atoms with van der Waals surface area (Å²) in [4.78, 5) is 2.26. The van der Waals surface area contributed by atoms with Crippen molar-refractivity contribution in [3.63, 3.8) is 0 Å². The molecule has 0 unspecified atom stereocenters. The first kappa shape index (κ1) is 19.4. The highest BCUT2D eigenvalue weighted by Crippen LogP contribution is 2.36. The van der Waals surface area contributed by atoms with E-state index in [1.54, 1.807) is 0 Å². The van der Waals surface area contributed by atoms with Crippen LogP contribution in [0.4, 0.5) is 11.4 Å². The van der Waals surface area contributed by atoms with Gasteiger partial charge in [0.1, 0.15) is 0 Å². The van der Waals surface area contributed by atoms with Crippen LogP contribution in [0.2, 0.25) is 0 Å².